The Morgan fingerprint density at radius 3 is 2.87 bits per heavy atom. The monoisotopic (exact) mass is 314 g/mol. The summed E-state index contributed by atoms with van der Waals surface area (Å²) >= 11 is 0. The van der Waals surface area contributed by atoms with Crippen molar-refractivity contribution >= 4 is 17.5 Å². The van der Waals surface area contributed by atoms with Gasteiger partial charge in [0, 0.05) is 43.5 Å². The van der Waals surface area contributed by atoms with E-state index in [1.807, 2.05) is 0 Å². The molecule has 3 N–H and O–H groups in total. The van der Waals surface area contributed by atoms with E-state index < -0.39 is 0 Å². The van der Waals surface area contributed by atoms with E-state index in [1.165, 1.54) is 12.1 Å². The van der Waals surface area contributed by atoms with Gasteiger partial charge >= 0.3 is 0 Å². The van der Waals surface area contributed by atoms with Crippen LogP contribution in [-0.4, -0.2) is 40.0 Å². The molecule has 2 aromatic rings. The van der Waals surface area contributed by atoms with Crippen LogP contribution in [0.5, 0.6) is 5.75 Å². The molecule has 0 saturated carbocycles. The second-order valence-corrected chi connectivity index (χ2v) is 5.54. The third-order valence-electron chi connectivity index (χ3n) is 3.91. The van der Waals surface area contributed by atoms with Gasteiger partial charge in [0.2, 0.25) is 11.8 Å². The van der Waals surface area contributed by atoms with Gasteiger partial charge in [-0.15, -0.1) is 0 Å². The lowest BCUT2D eigenvalue weighted by Gasteiger charge is -2.16. The van der Waals surface area contributed by atoms with Crippen molar-refractivity contribution in [2.45, 2.75) is 12.8 Å². The second kappa shape index (κ2) is 6.51. The van der Waals surface area contributed by atoms with Crippen LogP contribution in [0, 0.1) is 5.92 Å². The quantitative estimate of drug-likeness (QED) is 0.761. The first-order valence-electron chi connectivity index (χ1n) is 7.48. The minimum atomic E-state index is -0.349. The maximum Gasteiger partial charge on any atom is 0.227 e. The molecule has 1 fully saturated rings. The van der Waals surface area contributed by atoms with Crippen LogP contribution < -0.4 is 10.2 Å². The third-order valence-corrected chi connectivity index (χ3v) is 3.91. The normalized spacial score (nSPS) is 17.5. The first-order valence-corrected chi connectivity index (χ1v) is 7.48. The van der Waals surface area contributed by atoms with Crippen LogP contribution in [-0.2, 0) is 16.0 Å². The van der Waals surface area contributed by atoms with E-state index in [0.29, 0.717) is 25.2 Å². The first kappa shape index (κ1) is 15.1. The smallest absolute Gasteiger partial charge is 0.227 e. The van der Waals surface area contributed by atoms with Crippen molar-refractivity contribution in [1.82, 2.24) is 15.3 Å². The number of aromatic nitrogens is 2. The molecule has 0 bridgehead atoms. The molecule has 1 aliphatic rings. The Hall–Kier alpha value is -2.83. The van der Waals surface area contributed by atoms with Crippen LogP contribution in [0.15, 0.2) is 36.8 Å². The number of rotatable bonds is 5. The maximum absolute atomic E-state index is 12.2. The lowest BCUT2D eigenvalue weighted by Crippen LogP contribution is -2.34. The van der Waals surface area contributed by atoms with Crippen molar-refractivity contribution in [2.24, 2.45) is 5.92 Å². The van der Waals surface area contributed by atoms with Gasteiger partial charge in [-0.05, 0) is 24.3 Å². The van der Waals surface area contributed by atoms with E-state index in [9.17, 15) is 14.7 Å². The second-order valence-electron chi connectivity index (χ2n) is 5.54. The predicted octanol–water partition coefficient (Wildman–Crippen LogP) is 0.827. The van der Waals surface area contributed by atoms with Gasteiger partial charge in [-0.2, -0.15) is 0 Å². The number of hydrogen-bond donors (Lipinski definition) is 3. The number of phenols is 1. The zero-order valence-electron chi connectivity index (χ0n) is 12.5. The van der Waals surface area contributed by atoms with E-state index in [0.717, 1.165) is 5.69 Å². The van der Waals surface area contributed by atoms with Gasteiger partial charge < -0.3 is 20.3 Å². The summed E-state index contributed by atoms with van der Waals surface area (Å²) in [7, 11) is 0. The van der Waals surface area contributed by atoms with E-state index in [-0.39, 0.29) is 29.9 Å². The van der Waals surface area contributed by atoms with E-state index in [2.05, 4.69) is 15.3 Å². The summed E-state index contributed by atoms with van der Waals surface area (Å²) in [6, 6.07) is 6.40. The molecule has 23 heavy (non-hydrogen) atoms. The number of carbonyl (C=O) groups excluding carboxylic acids is 2. The van der Waals surface area contributed by atoms with Crippen molar-refractivity contribution in [3.63, 3.8) is 0 Å². The van der Waals surface area contributed by atoms with Gasteiger partial charge in [0.05, 0.1) is 12.2 Å². The highest BCUT2D eigenvalue weighted by Gasteiger charge is 2.34. The number of carbonyl (C=O) groups is 2. The summed E-state index contributed by atoms with van der Waals surface area (Å²) in [5.41, 5.74) is 1.65. The molecule has 1 aliphatic heterocycles. The molecule has 7 heteroatoms. The summed E-state index contributed by atoms with van der Waals surface area (Å²) in [6.45, 7) is 0.866. The van der Waals surface area contributed by atoms with Crippen molar-refractivity contribution in [3.8, 4) is 5.75 Å². The number of H-pyrrole nitrogens is 1. The Bertz CT molecular complexity index is 682. The van der Waals surface area contributed by atoms with Gasteiger partial charge in [0.15, 0.2) is 0 Å². The molecule has 0 aliphatic carbocycles. The first-order chi connectivity index (χ1) is 11.1. The average Bonchev–Trinajstić information content (AvgIpc) is 3.18. The number of aromatic amines is 1. The van der Waals surface area contributed by atoms with Crippen molar-refractivity contribution in [3.05, 3.63) is 42.5 Å². The molecular weight excluding hydrogens is 296 g/mol. The van der Waals surface area contributed by atoms with Crippen LogP contribution in [0.2, 0.25) is 0 Å². The summed E-state index contributed by atoms with van der Waals surface area (Å²) in [5, 5.41) is 12.2. The van der Waals surface area contributed by atoms with E-state index in [4.69, 9.17) is 0 Å². The number of imidazole rings is 1. The summed E-state index contributed by atoms with van der Waals surface area (Å²) in [5.74, 6) is -0.393. The summed E-state index contributed by atoms with van der Waals surface area (Å²) in [6.07, 6.45) is 4.20. The van der Waals surface area contributed by atoms with E-state index in [1.54, 1.807) is 29.6 Å². The van der Waals surface area contributed by atoms with Crippen LogP contribution in [0.4, 0.5) is 5.69 Å². The zero-order valence-corrected chi connectivity index (χ0v) is 12.5. The van der Waals surface area contributed by atoms with Crippen LogP contribution in [0.25, 0.3) is 0 Å². The number of benzene rings is 1. The van der Waals surface area contributed by atoms with Crippen LogP contribution in [0.3, 0.4) is 0 Å². The number of nitrogens with one attached hydrogen (secondary N) is 2. The number of amides is 2. The Balaban J connectivity index is 1.54. The number of nitrogens with zero attached hydrogens (tertiary/aromatic N) is 2. The molecule has 3 rings (SSSR count). The minimum Gasteiger partial charge on any atom is -0.508 e. The number of hydrogen-bond acceptors (Lipinski definition) is 4. The van der Waals surface area contributed by atoms with Gasteiger partial charge in [-0.25, -0.2) is 4.98 Å². The lowest BCUT2D eigenvalue weighted by atomic mass is 10.1. The maximum atomic E-state index is 12.2. The molecule has 0 radical (unpaired) electrons. The Labute approximate surface area is 133 Å². The number of aromatic hydroxyl groups is 1. The molecule has 1 atom stereocenters. The highest BCUT2D eigenvalue weighted by molar-refractivity contribution is 6.00. The summed E-state index contributed by atoms with van der Waals surface area (Å²) < 4.78 is 0. The highest BCUT2D eigenvalue weighted by Crippen LogP contribution is 2.26. The highest BCUT2D eigenvalue weighted by atomic mass is 16.3. The number of anilines is 1. The molecule has 1 unspecified atom stereocenters. The minimum absolute atomic E-state index is 0.0793. The van der Waals surface area contributed by atoms with Crippen molar-refractivity contribution < 1.29 is 14.7 Å². The fourth-order valence-corrected chi connectivity index (χ4v) is 2.65. The molecule has 2 amide bonds. The Kier molecular flexibility index (Phi) is 4.27. The van der Waals surface area contributed by atoms with E-state index >= 15 is 0 Å². The molecule has 0 spiro atoms. The van der Waals surface area contributed by atoms with Gasteiger partial charge in [-0.1, -0.05) is 0 Å². The Morgan fingerprint density at radius 2 is 2.17 bits per heavy atom. The fourth-order valence-electron chi connectivity index (χ4n) is 2.65. The largest absolute Gasteiger partial charge is 0.508 e. The third kappa shape index (κ3) is 3.50. The average molecular weight is 314 g/mol. The van der Waals surface area contributed by atoms with Crippen molar-refractivity contribution in [1.29, 1.82) is 0 Å². The standard InChI is InChI=1S/C16H18N4O3/c21-14-3-1-13(2-4-14)20-9-11(7-15(20)22)16(23)18-6-5-12-8-17-10-19-12/h1-4,8,10-11,21H,5-7,9H2,(H,17,19)(H,18,23). The molecule has 2 heterocycles. The van der Waals surface area contributed by atoms with Gasteiger partial charge in [0.25, 0.3) is 0 Å². The predicted molar refractivity (Wildman–Crippen MR) is 83.9 cm³/mol. The molecule has 1 aromatic heterocycles. The Morgan fingerprint density at radius 1 is 1.39 bits per heavy atom. The summed E-state index contributed by atoms with van der Waals surface area (Å²) in [4.78, 5) is 32.8. The van der Waals surface area contributed by atoms with Crippen LogP contribution in [0.1, 0.15) is 12.1 Å². The SMILES string of the molecule is O=C(NCCc1cnc[nH]1)C1CC(=O)N(c2ccc(O)cc2)C1. The fraction of sp³-hybridized carbons (Fsp3) is 0.312. The molecule has 120 valence electrons. The lowest BCUT2D eigenvalue weighted by molar-refractivity contribution is -0.126. The molecule has 1 saturated heterocycles. The topological polar surface area (TPSA) is 98.3 Å². The zero-order chi connectivity index (χ0) is 16.2. The van der Waals surface area contributed by atoms with Gasteiger partial charge in [0.1, 0.15) is 5.75 Å². The number of phenolic OH excluding ortho intramolecular Hbond substituents is 1. The molecule has 1 aromatic carbocycles. The van der Waals surface area contributed by atoms with Crippen molar-refractivity contribution in [2.75, 3.05) is 18.0 Å². The molecular formula is C16H18N4O3. The van der Waals surface area contributed by atoms with Gasteiger partial charge in [-0.3, -0.25) is 9.59 Å². The van der Waals surface area contributed by atoms with Crippen LogP contribution >= 0.6 is 0 Å². The molecule has 7 nitrogen and oxygen atoms in total.